The molecule has 8 heavy (non-hydrogen) atoms. The predicted octanol–water partition coefficient (Wildman–Crippen LogP) is 1.64. The molecule has 0 aromatic carbocycles. The van der Waals surface area contributed by atoms with E-state index in [-0.39, 0.29) is 0 Å². The van der Waals surface area contributed by atoms with E-state index >= 15 is 0 Å². The molecule has 0 radical (unpaired) electrons. The summed E-state index contributed by atoms with van der Waals surface area (Å²) in [6.07, 6.45) is 0. The van der Waals surface area contributed by atoms with Crippen LogP contribution in [-0.2, 0) is 0 Å². The Morgan fingerprint density at radius 3 is 2.38 bits per heavy atom. The average molecular weight is 104 g/mol. The van der Waals surface area contributed by atoms with Crippen molar-refractivity contribution in [3.05, 3.63) is 29.1 Å². The van der Waals surface area contributed by atoms with Gasteiger partial charge in [0.2, 0.25) is 0 Å². The first kappa shape index (κ1) is 5.55. The molecule has 0 atom stereocenters. The molecular formula is C7H9B. The van der Waals surface area contributed by atoms with Crippen molar-refractivity contribution in [2.24, 2.45) is 0 Å². The fourth-order valence-corrected chi connectivity index (χ4v) is 0.637. The maximum absolute atomic E-state index is 2.12. The van der Waals surface area contributed by atoms with Crippen molar-refractivity contribution in [1.29, 1.82) is 0 Å². The molecule has 0 aliphatic heterocycles. The van der Waals surface area contributed by atoms with Crippen LogP contribution in [0.5, 0.6) is 0 Å². The molecule has 0 aliphatic rings. The molecule has 0 aliphatic carbocycles. The van der Waals surface area contributed by atoms with Crippen LogP contribution in [0.1, 0.15) is 11.0 Å². The Kier molecular flexibility index (Phi) is 1.47. The van der Waals surface area contributed by atoms with Gasteiger partial charge in [0.15, 0.2) is 0 Å². The van der Waals surface area contributed by atoms with Crippen LogP contribution in [0.3, 0.4) is 0 Å². The fourth-order valence-electron chi connectivity index (χ4n) is 0.637. The summed E-state index contributed by atoms with van der Waals surface area (Å²) in [6.45, 7) is 6.31. The Hall–Kier alpha value is -0.585. The van der Waals surface area contributed by atoms with Gasteiger partial charge in [-0.2, -0.15) is 0 Å². The zero-order valence-electron chi connectivity index (χ0n) is 5.31. The third-order valence-corrected chi connectivity index (χ3v) is 1.22. The number of aryl methyl sites for hydroxylation is 2. The molecule has 1 aromatic heterocycles. The summed E-state index contributed by atoms with van der Waals surface area (Å²) in [6, 6.07) is 4.24. The number of rotatable bonds is 0. The quantitative estimate of drug-likeness (QED) is 0.469. The van der Waals surface area contributed by atoms with Crippen LogP contribution >= 0.6 is 0 Å². The van der Waals surface area contributed by atoms with E-state index < -0.39 is 0 Å². The molecule has 0 spiro atoms. The van der Waals surface area contributed by atoms with Gasteiger partial charge in [0.1, 0.15) is 0 Å². The van der Waals surface area contributed by atoms with Crippen molar-refractivity contribution in [1.82, 2.24) is 0 Å². The minimum atomic E-state index is 1.33. The summed E-state index contributed by atoms with van der Waals surface area (Å²) in [5, 5.41) is 0. The Morgan fingerprint density at radius 2 is 2.00 bits per heavy atom. The maximum atomic E-state index is 2.12. The van der Waals surface area contributed by atoms with Crippen LogP contribution in [0.2, 0.25) is 0 Å². The Balaban J connectivity index is 3.03. The van der Waals surface area contributed by atoms with Crippen LogP contribution in [0.15, 0.2) is 18.1 Å². The Bertz CT molecular complexity index is 143. The van der Waals surface area contributed by atoms with E-state index in [2.05, 4.69) is 38.9 Å². The molecule has 40 valence electrons. The number of hydrogen-bond acceptors (Lipinski definition) is 0. The van der Waals surface area contributed by atoms with Crippen molar-refractivity contribution in [3.63, 3.8) is 0 Å². The molecule has 0 unspecified atom stereocenters. The second-order valence-corrected chi connectivity index (χ2v) is 2.15. The van der Waals surface area contributed by atoms with Gasteiger partial charge in [-0.25, -0.2) is 0 Å². The second-order valence-electron chi connectivity index (χ2n) is 2.15. The molecular weight excluding hydrogens is 94.9 g/mol. The first-order chi connectivity index (χ1) is 3.79. The summed E-state index contributed by atoms with van der Waals surface area (Å²) in [5.41, 5.74) is 2.66. The molecule has 0 bridgehead atoms. The monoisotopic (exact) mass is 104 g/mol. The fraction of sp³-hybridized carbons (Fsp3) is 0.286. The summed E-state index contributed by atoms with van der Waals surface area (Å²) in [4.78, 5) is 0. The van der Waals surface area contributed by atoms with E-state index in [1.54, 1.807) is 0 Å². The molecule has 0 fully saturated rings. The van der Waals surface area contributed by atoms with Crippen LogP contribution in [0.25, 0.3) is 0 Å². The first-order valence-corrected chi connectivity index (χ1v) is 2.82. The first-order valence-electron chi connectivity index (χ1n) is 2.82. The molecule has 0 nitrogen and oxygen atoms in total. The minimum absolute atomic E-state index is 1.33. The molecule has 1 heteroatoms. The normalized spacial score (nSPS) is 8.75. The van der Waals surface area contributed by atoms with Crippen molar-refractivity contribution in [2.45, 2.75) is 13.8 Å². The van der Waals surface area contributed by atoms with Crippen molar-refractivity contribution in [2.75, 3.05) is 0 Å². The van der Waals surface area contributed by atoms with Crippen LogP contribution in [0, 0.1) is 13.8 Å². The SMILES string of the molecule is Cc1bcc(C)cc1. The van der Waals surface area contributed by atoms with Crippen molar-refractivity contribution in [3.8, 4) is 0 Å². The van der Waals surface area contributed by atoms with Gasteiger partial charge < -0.3 is 0 Å². The molecule has 0 saturated carbocycles. The van der Waals surface area contributed by atoms with Crippen molar-refractivity contribution >= 4 is 6.91 Å². The molecule has 0 amide bonds. The summed E-state index contributed by atoms with van der Waals surface area (Å²) in [7, 11) is 0. The zero-order chi connectivity index (χ0) is 5.98. The summed E-state index contributed by atoms with van der Waals surface area (Å²) in [5.74, 6) is 2.12. The third kappa shape index (κ3) is 1.19. The van der Waals surface area contributed by atoms with E-state index in [1.807, 2.05) is 0 Å². The van der Waals surface area contributed by atoms with Gasteiger partial charge in [0.05, 0.1) is 0 Å². The average Bonchev–Trinajstić information content (AvgIpc) is 1.77. The van der Waals surface area contributed by atoms with Crippen LogP contribution < -0.4 is 0 Å². The standard InChI is InChI=1S/C7H9B/c1-6-3-4-7(2)8-5-6/h3-5H,1-2H3. The van der Waals surface area contributed by atoms with E-state index in [0.717, 1.165) is 0 Å². The van der Waals surface area contributed by atoms with Gasteiger partial charge in [-0.3, -0.25) is 0 Å². The van der Waals surface area contributed by atoms with Crippen LogP contribution in [-0.4, -0.2) is 6.91 Å². The second kappa shape index (κ2) is 2.12. The molecule has 1 heterocycles. The van der Waals surface area contributed by atoms with Crippen LogP contribution in [0.4, 0.5) is 0 Å². The Labute approximate surface area is 50.8 Å². The zero-order valence-corrected chi connectivity index (χ0v) is 5.31. The topological polar surface area (TPSA) is 0 Å². The van der Waals surface area contributed by atoms with Gasteiger partial charge in [-0.15, -0.1) is 0 Å². The summed E-state index contributed by atoms with van der Waals surface area (Å²) < 4.78 is 0. The van der Waals surface area contributed by atoms with Crippen molar-refractivity contribution < 1.29 is 0 Å². The molecule has 0 N–H and O–H groups in total. The molecule has 1 aromatic rings. The number of hydrogen-bond donors (Lipinski definition) is 0. The van der Waals surface area contributed by atoms with Gasteiger partial charge in [-0.1, -0.05) is 0 Å². The molecule has 1 rings (SSSR count). The predicted molar refractivity (Wildman–Crippen MR) is 37.3 cm³/mol. The van der Waals surface area contributed by atoms with E-state index in [1.165, 1.54) is 11.0 Å². The van der Waals surface area contributed by atoms with E-state index in [4.69, 9.17) is 0 Å². The molecule has 0 saturated heterocycles. The van der Waals surface area contributed by atoms with Gasteiger partial charge in [-0.05, 0) is 0 Å². The van der Waals surface area contributed by atoms with Gasteiger partial charge in [0.25, 0.3) is 0 Å². The summed E-state index contributed by atoms with van der Waals surface area (Å²) >= 11 is 0. The van der Waals surface area contributed by atoms with E-state index in [0.29, 0.717) is 0 Å². The van der Waals surface area contributed by atoms with E-state index in [9.17, 15) is 0 Å². The third-order valence-electron chi connectivity index (χ3n) is 1.22. The van der Waals surface area contributed by atoms with Gasteiger partial charge in [0, 0.05) is 0 Å². The Morgan fingerprint density at radius 1 is 1.25 bits per heavy atom. The van der Waals surface area contributed by atoms with Gasteiger partial charge >= 0.3 is 49.9 Å².